The third-order valence-electron chi connectivity index (χ3n) is 4.42. The molecule has 0 unspecified atom stereocenters. The summed E-state index contributed by atoms with van der Waals surface area (Å²) < 4.78 is 0. The molecule has 126 valence electrons. The number of aromatic nitrogens is 1. The minimum absolute atomic E-state index is 0.133. The predicted molar refractivity (Wildman–Crippen MR) is 97.7 cm³/mol. The van der Waals surface area contributed by atoms with E-state index in [1.807, 2.05) is 43.3 Å². The highest BCUT2D eigenvalue weighted by atomic mass is 16.1. The van der Waals surface area contributed by atoms with Crippen molar-refractivity contribution < 1.29 is 4.79 Å². The molecule has 1 N–H and O–H groups in total. The van der Waals surface area contributed by atoms with Gasteiger partial charge in [-0.15, -0.1) is 0 Å². The van der Waals surface area contributed by atoms with E-state index in [2.05, 4.69) is 34.1 Å². The molecule has 24 heavy (non-hydrogen) atoms. The maximum atomic E-state index is 12.3. The van der Waals surface area contributed by atoms with Crippen molar-refractivity contribution in [1.82, 2.24) is 9.88 Å². The number of piperazine rings is 1. The van der Waals surface area contributed by atoms with Gasteiger partial charge in [0.05, 0.1) is 0 Å². The zero-order chi connectivity index (χ0) is 17.1. The van der Waals surface area contributed by atoms with Gasteiger partial charge in [0.15, 0.2) is 0 Å². The van der Waals surface area contributed by atoms with Gasteiger partial charge >= 0.3 is 0 Å². The highest BCUT2D eigenvalue weighted by molar-refractivity contribution is 6.03. The number of rotatable bonds is 3. The lowest BCUT2D eigenvalue weighted by atomic mass is 10.1. The number of pyridine rings is 1. The van der Waals surface area contributed by atoms with Crippen molar-refractivity contribution in [2.75, 3.05) is 36.9 Å². The maximum Gasteiger partial charge on any atom is 0.256 e. The highest BCUT2D eigenvalue weighted by Crippen LogP contribution is 2.21. The molecular formula is C19H24N4O. The average molecular weight is 324 g/mol. The molecule has 5 nitrogen and oxygen atoms in total. The smallest absolute Gasteiger partial charge is 0.256 e. The molecule has 5 heteroatoms. The molecule has 1 fully saturated rings. The van der Waals surface area contributed by atoms with E-state index in [1.54, 1.807) is 6.07 Å². The van der Waals surface area contributed by atoms with Gasteiger partial charge < -0.3 is 15.1 Å². The Morgan fingerprint density at radius 1 is 1.17 bits per heavy atom. The molecule has 0 aliphatic carbocycles. The topological polar surface area (TPSA) is 48.5 Å². The van der Waals surface area contributed by atoms with Gasteiger partial charge in [-0.1, -0.05) is 6.07 Å². The summed E-state index contributed by atoms with van der Waals surface area (Å²) in [5, 5.41) is 2.84. The van der Waals surface area contributed by atoms with Crippen LogP contribution in [0.5, 0.6) is 0 Å². The molecule has 1 aliphatic heterocycles. The van der Waals surface area contributed by atoms with Crippen LogP contribution in [0.25, 0.3) is 0 Å². The Morgan fingerprint density at radius 2 is 1.92 bits per heavy atom. The Kier molecular flexibility index (Phi) is 4.81. The van der Waals surface area contributed by atoms with Crippen LogP contribution >= 0.6 is 0 Å². The third-order valence-corrected chi connectivity index (χ3v) is 4.42. The minimum atomic E-state index is -0.133. The van der Waals surface area contributed by atoms with Crippen LogP contribution in [0, 0.1) is 6.92 Å². The quantitative estimate of drug-likeness (QED) is 0.943. The van der Waals surface area contributed by atoms with Crippen LogP contribution < -0.4 is 10.2 Å². The van der Waals surface area contributed by atoms with Crippen molar-refractivity contribution in [1.29, 1.82) is 0 Å². The first-order valence-corrected chi connectivity index (χ1v) is 8.33. The summed E-state index contributed by atoms with van der Waals surface area (Å²) >= 11 is 0. The number of amides is 1. The summed E-state index contributed by atoms with van der Waals surface area (Å²) in [5.41, 5.74) is 2.69. The molecule has 0 saturated carbocycles. The van der Waals surface area contributed by atoms with Crippen LogP contribution in [0.1, 0.15) is 23.0 Å². The molecule has 0 spiro atoms. The van der Waals surface area contributed by atoms with Crippen molar-refractivity contribution in [2.45, 2.75) is 19.9 Å². The lowest BCUT2D eigenvalue weighted by Gasteiger charge is -2.39. The summed E-state index contributed by atoms with van der Waals surface area (Å²) in [6, 6.07) is 13.9. The Balaban J connectivity index is 1.69. The standard InChI is InChI=1S/C19H24N4O/c1-14-5-4-6-18(20-14)21-19(24)16-7-9-17(10-8-16)23-12-11-22(3)13-15(23)2/h4-10,15H,11-13H2,1-3H3,(H,20,21,24)/t15-/m1/s1. The molecule has 1 aliphatic rings. The van der Waals surface area contributed by atoms with E-state index < -0.39 is 0 Å². The summed E-state index contributed by atoms with van der Waals surface area (Å²) in [6.07, 6.45) is 0. The molecule has 1 amide bonds. The summed E-state index contributed by atoms with van der Waals surface area (Å²) in [7, 11) is 2.15. The zero-order valence-electron chi connectivity index (χ0n) is 14.5. The van der Waals surface area contributed by atoms with E-state index in [0.29, 0.717) is 17.4 Å². The second-order valence-corrected chi connectivity index (χ2v) is 6.47. The Hall–Kier alpha value is -2.40. The van der Waals surface area contributed by atoms with E-state index >= 15 is 0 Å². The molecule has 1 saturated heterocycles. The van der Waals surface area contributed by atoms with Crippen LogP contribution in [0.4, 0.5) is 11.5 Å². The minimum Gasteiger partial charge on any atom is -0.366 e. The van der Waals surface area contributed by atoms with E-state index in [0.717, 1.165) is 25.3 Å². The van der Waals surface area contributed by atoms with Crippen LogP contribution in [-0.4, -0.2) is 48.5 Å². The molecule has 2 aromatic rings. The maximum absolute atomic E-state index is 12.3. The molecule has 1 aromatic carbocycles. The second-order valence-electron chi connectivity index (χ2n) is 6.47. The van der Waals surface area contributed by atoms with Gasteiger partial charge in [-0.05, 0) is 57.3 Å². The van der Waals surface area contributed by atoms with E-state index in [-0.39, 0.29) is 5.91 Å². The number of aryl methyl sites for hydroxylation is 1. The summed E-state index contributed by atoms with van der Waals surface area (Å²) in [6.45, 7) is 7.27. The fourth-order valence-corrected chi connectivity index (χ4v) is 3.13. The largest absolute Gasteiger partial charge is 0.366 e. The monoisotopic (exact) mass is 324 g/mol. The van der Waals surface area contributed by atoms with Crippen molar-refractivity contribution >= 4 is 17.4 Å². The first-order valence-electron chi connectivity index (χ1n) is 8.33. The van der Waals surface area contributed by atoms with Gasteiger partial charge in [-0.25, -0.2) is 4.98 Å². The fraction of sp³-hybridized carbons (Fsp3) is 0.368. The normalized spacial score (nSPS) is 18.5. The SMILES string of the molecule is Cc1cccc(NC(=O)c2ccc(N3CCN(C)C[C@H]3C)cc2)n1. The van der Waals surface area contributed by atoms with Crippen molar-refractivity contribution in [2.24, 2.45) is 0 Å². The first kappa shape index (κ1) is 16.5. The van der Waals surface area contributed by atoms with Crippen LogP contribution in [0.3, 0.4) is 0 Å². The highest BCUT2D eigenvalue weighted by Gasteiger charge is 2.21. The van der Waals surface area contributed by atoms with Crippen LogP contribution in [0.15, 0.2) is 42.5 Å². The molecule has 2 heterocycles. The third kappa shape index (κ3) is 3.74. The number of carbonyl (C=O) groups is 1. The number of nitrogens with one attached hydrogen (secondary N) is 1. The molecule has 3 rings (SSSR count). The van der Waals surface area contributed by atoms with Gasteiger partial charge in [-0.3, -0.25) is 4.79 Å². The number of anilines is 2. The Morgan fingerprint density at radius 3 is 2.58 bits per heavy atom. The van der Waals surface area contributed by atoms with Crippen molar-refractivity contribution in [3.63, 3.8) is 0 Å². The second kappa shape index (κ2) is 7.01. The molecule has 0 bridgehead atoms. The number of hydrogen-bond acceptors (Lipinski definition) is 4. The van der Waals surface area contributed by atoms with E-state index in [4.69, 9.17) is 0 Å². The fourth-order valence-electron chi connectivity index (χ4n) is 3.13. The molecule has 0 radical (unpaired) electrons. The van der Waals surface area contributed by atoms with E-state index in [1.165, 1.54) is 5.69 Å². The average Bonchev–Trinajstić information content (AvgIpc) is 2.55. The summed E-state index contributed by atoms with van der Waals surface area (Å²) in [4.78, 5) is 21.4. The number of likely N-dealkylation sites (N-methyl/N-ethyl adjacent to an activating group) is 1. The number of nitrogens with zero attached hydrogens (tertiary/aromatic N) is 3. The lowest BCUT2D eigenvalue weighted by Crippen LogP contribution is -2.50. The van der Waals surface area contributed by atoms with Crippen molar-refractivity contribution in [3.05, 3.63) is 53.7 Å². The Bertz CT molecular complexity index is 714. The molecule has 1 atom stereocenters. The zero-order valence-corrected chi connectivity index (χ0v) is 14.5. The summed E-state index contributed by atoms with van der Waals surface area (Å²) in [5.74, 6) is 0.447. The predicted octanol–water partition coefficient (Wildman–Crippen LogP) is 2.78. The van der Waals surface area contributed by atoms with E-state index in [9.17, 15) is 4.79 Å². The van der Waals surface area contributed by atoms with Gasteiger partial charge in [0.2, 0.25) is 0 Å². The lowest BCUT2D eigenvalue weighted by molar-refractivity contribution is 0.102. The van der Waals surface area contributed by atoms with Gasteiger partial charge in [0.1, 0.15) is 5.82 Å². The number of benzene rings is 1. The number of hydrogen-bond donors (Lipinski definition) is 1. The van der Waals surface area contributed by atoms with Gasteiger partial charge in [0.25, 0.3) is 5.91 Å². The van der Waals surface area contributed by atoms with Crippen LogP contribution in [0.2, 0.25) is 0 Å². The Labute approximate surface area is 143 Å². The molecule has 1 aromatic heterocycles. The van der Waals surface area contributed by atoms with Crippen molar-refractivity contribution in [3.8, 4) is 0 Å². The van der Waals surface area contributed by atoms with Crippen LogP contribution in [-0.2, 0) is 0 Å². The first-order chi connectivity index (χ1) is 11.5. The molecular weight excluding hydrogens is 300 g/mol. The number of carbonyl (C=O) groups excluding carboxylic acids is 1. The van der Waals surface area contributed by atoms with Gasteiger partial charge in [0, 0.05) is 42.6 Å². The van der Waals surface area contributed by atoms with Gasteiger partial charge in [-0.2, -0.15) is 0 Å².